The highest BCUT2D eigenvalue weighted by Gasteiger charge is 2.38. The highest BCUT2D eigenvalue weighted by atomic mass is 19.4. The number of hydrogen-bond donors (Lipinski definition) is 0. The molecular formula is C14H10F3N3. The number of halogens is 3. The Morgan fingerprint density at radius 2 is 1.80 bits per heavy atom. The fourth-order valence-electron chi connectivity index (χ4n) is 2.03. The third-order valence-corrected chi connectivity index (χ3v) is 3.28. The highest BCUT2D eigenvalue weighted by Crippen LogP contribution is 2.39. The lowest BCUT2D eigenvalue weighted by Gasteiger charge is -2.18. The second-order valence-electron chi connectivity index (χ2n) is 4.68. The van der Waals surface area contributed by atoms with Gasteiger partial charge in [0.25, 0.3) is 0 Å². The molecule has 2 aromatic heterocycles. The molecule has 0 radical (unpaired) electrons. The fourth-order valence-corrected chi connectivity index (χ4v) is 2.03. The summed E-state index contributed by atoms with van der Waals surface area (Å²) in [6.45, 7) is 3.65. The van der Waals surface area contributed by atoms with Gasteiger partial charge < -0.3 is 0 Å². The van der Waals surface area contributed by atoms with E-state index in [4.69, 9.17) is 0 Å². The van der Waals surface area contributed by atoms with Gasteiger partial charge in [0.05, 0.1) is 22.5 Å². The summed E-state index contributed by atoms with van der Waals surface area (Å²) in [4.78, 5) is 12.9. The maximum atomic E-state index is 12.5. The summed E-state index contributed by atoms with van der Waals surface area (Å²) in [6, 6.07) is 1.70. The Balaban J connectivity index is 2.20. The fraction of sp³-hybridized carbons (Fsp3) is 0.286. The number of pyridine rings is 1. The molecule has 0 aliphatic heterocycles. The molecule has 1 aliphatic rings. The Bertz CT molecular complexity index is 784. The molecule has 6 heteroatoms. The van der Waals surface area contributed by atoms with Gasteiger partial charge in [0.15, 0.2) is 0 Å². The first-order chi connectivity index (χ1) is 9.36. The van der Waals surface area contributed by atoms with Crippen LogP contribution in [0.3, 0.4) is 0 Å². The monoisotopic (exact) mass is 277 g/mol. The normalized spacial score (nSPS) is 14.8. The van der Waals surface area contributed by atoms with Gasteiger partial charge in [0.1, 0.15) is 11.2 Å². The van der Waals surface area contributed by atoms with Crippen molar-refractivity contribution >= 4 is 16.6 Å². The number of hydrogen-bond acceptors (Lipinski definition) is 3. The molecule has 0 amide bonds. The maximum Gasteiger partial charge on any atom is 0.420 e. The van der Waals surface area contributed by atoms with Crippen LogP contribution in [-0.2, 0) is 0 Å². The molecule has 2 aromatic rings. The van der Waals surface area contributed by atoms with Crippen molar-refractivity contribution in [3.8, 4) is 0 Å². The molecule has 0 bridgehead atoms. The molecule has 20 heavy (non-hydrogen) atoms. The SMILES string of the molecule is Cc1nc2ccnc(C3=C=C(C(F)(F)F)C3)c2nc1C. The Morgan fingerprint density at radius 3 is 2.45 bits per heavy atom. The van der Waals surface area contributed by atoms with Crippen LogP contribution in [0.25, 0.3) is 16.6 Å². The zero-order chi connectivity index (χ0) is 14.5. The zero-order valence-corrected chi connectivity index (χ0v) is 10.8. The van der Waals surface area contributed by atoms with Crippen LogP contribution in [0.4, 0.5) is 13.2 Å². The van der Waals surface area contributed by atoms with Crippen molar-refractivity contribution in [3.05, 3.63) is 40.6 Å². The quantitative estimate of drug-likeness (QED) is 0.749. The number of aromatic nitrogens is 3. The Kier molecular flexibility index (Phi) is 2.66. The molecule has 0 spiro atoms. The highest BCUT2D eigenvalue weighted by molar-refractivity contribution is 5.88. The number of allylic oxidation sites excluding steroid dienone is 1. The average molecular weight is 277 g/mol. The number of alkyl halides is 3. The van der Waals surface area contributed by atoms with Gasteiger partial charge in [-0.2, -0.15) is 13.2 Å². The van der Waals surface area contributed by atoms with Gasteiger partial charge in [0.2, 0.25) is 0 Å². The van der Waals surface area contributed by atoms with Crippen LogP contribution in [0.2, 0.25) is 0 Å². The largest absolute Gasteiger partial charge is 0.420 e. The van der Waals surface area contributed by atoms with Crippen LogP contribution >= 0.6 is 0 Å². The summed E-state index contributed by atoms with van der Waals surface area (Å²) in [7, 11) is 0. The molecule has 3 nitrogen and oxygen atoms in total. The van der Waals surface area contributed by atoms with Gasteiger partial charge in [-0.05, 0) is 19.9 Å². The van der Waals surface area contributed by atoms with Gasteiger partial charge in [-0.15, -0.1) is 5.73 Å². The third-order valence-electron chi connectivity index (χ3n) is 3.28. The smallest absolute Gasteiger partial charge is 0.253 e. The standard InChI is InChI=1S/C14H10F3N3/c1-7-8(2)20-13-11(19-7)3-4-18-12(13)9-5-10(6-9)14(15,16)17/h3-4H,5H2,1-2H3. The summed E-state index contributed by atoms with van der Waals surface area (Å²) in [5, 5.41) is 0. The van der Waals surface area contributed by atoms with Gasteiger partial charge in [-0.1, -0.05) is 0 Å². The molecule has 0 unspecified atom stereocenters. The summed E-state index contributed by atoms with van der Waals surface area (Å²) < 4.78 is 37.4. The van der Waals surface area contributed by atoms with E-state index in [9.17, 15) is 13.2 Å². The number of rotatable bonds is 1. The van der Waals surface area contributed by atoms with Crippen LogP contribution in [0.15, 0.2) is 23.6 Å². The summed E-state index contributed by atoms with van der Waals surface area (Å²) >= 11 is 0. The molecule has 0 saturated carbocycles. The van der Waals surface area contributed by atoms with Crippen LogP contribution < -0.4 is 0 Å². The van der Waals surface area contributed by atoms with Crippen LogP contribution in [0.5, 0.6) is 0 Å². The third kappa shape index (κ3) is 1.98. The van der Waals surface area contributed by atoms with Crippen molar-refractivity contribution in [1.82, 2.24) is 15.0 Å². The van der Waals surface area contributed by atoms with E-state index in [-0.39, 0.29) is 6.42 Å². The first-order valence-electron chi connectivity index (χ1n) is 6.02. The van der Waals surface area contributed by atoms with Gasteiger partial charge in [0, 0.05) is 18.2 Å². The molecule has 0 aromatic carbocycles. The lowest BCUT2D eigenvalue weighted by atomic mass is 9.93. The van der Waals surface area contributed by atoms with Crippen molar-refractivity contribution in [1.29, 1.82) is 0 Å². The van der Waals surface area contributed by atoms with E-state index in [1.165, 1.54) is 6.20 Å². The number of fused-ring (bicyclic) bond motifs is 1. The minimum Gasteiger partial charge on any atom is -0.253 e. The van der Waals surface area contributed by atoms with Gasteiger partial charge in [-0.25, -0.2) is 9.97 Å². The average Bonchev–Trinajstić information content (AvgIpc) is 2.27. The molecule has 3 rings (SSSR count). The van der Waals surface area contributed by atoms with E-state index in [2.05, 4.69) is 20.7 Å². The molecular weight excluding hydrogens is 267 g/mol. The molecule has 2 heterocycles. The molecule has 0 N–H and O–H groups in total. The topological polar surface area (TPSA) is 38.7 Å². The summed E-state index contributed by atoms with van der Waals surface area (Å²) in [5.41, 5.74) is 5.25. The minimum absolute atomic E-state index is 0.176. The van der Waals surface area contributed by atoms with Crippen molar-refractivity contribution < 1.29 is 13.2 Å². The van der Waals surface area contributed by atoms with Crippen LogP contribution in [0.1, 0.15) is 23.5 Å². The van der Waals surface area contributed by atoms with E-state index in [1.54, 1.807) is 6.07 Å². The van der Waals surface area contributed by atoms with E-state index >= 15 is 0 Å². The van der Waals surface area contributed by atoms with E-state index in [0.717, 1.165) is 11.4 Å². The molecule has 0 atom stereocenters. The second kappa shape index (κ2) is 4.15. The molecule has 102 valence electrons. The van der Waals surface area contributed by atoms with Gasteiger partial charge >= 0.3 is 6.18 Å². The second-order valence-corrected chi connectivity index (χ2v) is 4.68. The Morgan fingerprint density at radius 1 is 1.15 bits per heavy atom. The van der Waals surface area contributed by atoms with E-state index in [1.807, 2.05) is 13.8 Å². The van der Waals surface area contributed by atoms with Crippen LogP contribution in [-0.4, -0.2) is 21.1 Å². The lowest BCUT2D eigenvalue weighted by Crippen LogP contribution is -2.16. The number of aryl methyl sites for hydroxylation is 2. The molecule has 0 fully saturated rings. The lowest BCUT2D eigenvalue weighted by molar-refractivity contribution is -0.0934. The van der Waals surface area contributed by atoms with E-state index in [0.29, 0.717) is 22.3 Å². The van der Waals surface area contributed by atoms with Crippen molar-refractivity contribution in [2.45, 2.75) is 26.4 Å². The molecule has 1 aliphatic carbocycles. The van der Waals surface area contributed by atoms with E-state index < -0.39 is 11.7 Å². The summed E-state index contributed by atoms with van der Waals surface area (Å²) in [5.74, 6) is 0. The predicted octanol–water partition coefficient (Wildman–Crippen LogP) is 3.52. The first-order valence-corrected chi connectivity index (χ1v) is 6.02. The minimum atomic E-state index is -4.31. The van der Waals surface area contributed by atoms with Crippen molar-refractivity contribution in [2.75, 3.05) is 0 Å². The van der Waals surface area contributed by atoms with Crippen LogP contribution in [0, 0.1) is 13.8 Å². The molecule has 0 saturated heterocycles. The summed E-state index contributed by atoms with van der Waals surface area (Å²) in [6.07, 6.45) is -2.96. The number of nitrogens with zero attached hydrogens (tertiary/aromatic N) is 3. The van der Waals surface area contributed by atoms with Crippen molar-refractivity contribution in [2.24, 2.45) is 0 Å². The first kappa shape index (κ1) is 12.8. The maximum absolute atomic E-state index is 12.5. The zero-order valence-electron chi connectivity index (χ0n) is 10.8. The Labute approximate surface area is 112 Å². The van der Waals surface area contributed by atoms with Gasteiger partial charge in [-0.3, -0.25) is 4.98 Å². The predicted molar refractivity (Wildman–Crippen MR) is 67.9 cm³/mol. The Hall–Kier alpha value is -2.20. The van der Waals surface area contributed by atoms with Crippen molar-refractivity contribution in [3.63, 3.8) is 0 Å².